The molecule has 0 aliphatic carbocycles. The number of nitrogen functional groups attached to an aromatic ring is 1. The standard InChI is InChI=1S/C10H18N4O2S/c1-3-7-14(4-2)17(15,16)10-8-12-6-5-9(10)13-11/h5-6,8H,3-4,7,11H2,1-2H3,(H,12,13). The Labute approximate surface area is 102 Å². The van der Waals surface area contributed by atoms with Gasteiger partial charge in [-0.25, -0.2) is 8.42 Å². The third-order valence-corrected chi connectivity index (χ3v) is 4.39. The summed E-state index contributed by atoms with van der Waals surface area (Å²) in [6.45, 7) is 4.65. The highest BCUT2D eigenvalue weighted by atomic mass is 32.2. The number of rotatable bonds is 6. The summed E-state index contributed by atoms with van der Waals surface area (Å²) in [5, 5.41) is 0. The average molecular weight is 258 g/mol. The van der Waals surface area contributed by atoms with Gasteiger partial charge in [-0.1, -0.05) is 13.8 Å². The van der Waals surface area contributed by atoms with Gasteiger partial charge in [-0.2, -0.15) is 4.31 Å². The fraction of sp³-hybridized carbons (Fsp3) is 0.500. The van der Waals surface area contributed by atoms with Crippen LogP contribution in [-0.4, -0.2) is 30.8 Å². The molecule has 1 rings (SSSR count). The first-order valence-electron chi connectivity index (χ1n) is 5.48. The van der Waals surface area contributed by atoms with Gasteiger partial charge in [0.1, 0.15) is 4.90 Å². The fourth-order valence-corrected chi connectivity index (χ4v) is 3.18. The molecule has 0 amide bonds. The molecule has 0 atom stereocenters. The van der Waals surface area contributed by atoms with Gasteiger partial charge in [-0.15, -0.1) is 0 Å². The number of nitrogens with zero attached hydrogens (tertiary/aromatic N) is 2. The third-order valence-electron chi connectivity index (χ3n) is 2.38. The molecule has 1 heterocycles. The molecule has 0 spiro atoms. The van der Waals surface area contributed by atoms with Crippen LogP contribution in [0.4, 0.5) is 5.69 Å². The van der Waals surface area contributed by atoms with Gasteiger partial charge in [0.25, 0.3) is 0 Å². The molecule has 0 aliphatic rings. The van der Waals surface area contributed by atoms with Crippen LogP contribution in [0.25, 0.3) is 0 Å². The molecule has 0 radical (unpaired) electrons. The summed E-state index contributed by atoms with van der Waals surface area (Å²) in [6.07, 6.45) is 3.56. The van der Waals surface area contributed by atoms with Gasteiger partial charge in [0, 0.05) is 25.5 Å². The lowest BCUT2D eigenvalue weighted by Gasteiger charge is -2.20. The van der Waals surface area contributed by atoms with E-state index in [9.17, 15) is 8.42 Å². The minimum absolute atomic E-state index is 0.109. The highest BCUT2D eigenvalue weighted by molar-refractivity contribution is 7.89. The van der Waals surface area contributed by atoms with Crippen LogP contribution in [0, 0.1) is 0 Å². The zero-order chi connectivity index (χ0) is 12.9. The van der Waals surface area contributed by atoms with Gasteiger partial charge in [0.05, 0.1) is 5.69 Å². The molecule has 7 heteroatoms. The number of pyridine rings is 1. The predicted octanol–water partition coefficient (Wildman–Crippen LogP) is 0.788. The zero-order valence-corrected chi connectivity index (χ0v) is 10.9. The second-order valence-corrected chi connectivity index (χ2v) is 5.42. The summed E-state index contributed by atoms with van der Waals surface area (Å²) in [5.41, 5.74) is 2.73. The second kappa shape index (κ2) is 5.95. The topological polar surface area (TPSA) is 88.3 Å². The molecule has 0 unspecified atom stereocenters. The van der Waals surface area contributed by atoms with E-state index in [1.807, 2.05) is 6.92 Å². The Morgan fingerprint density at radius 1 is 1.47 bits per heavy atom. The summed E-state index contributed by atoms with van der Waals surface area (Å²) in [5.74, 6) is 5.30. The van der Waals surface area contributed by atoms with Gasteiger partial charge in [0.15, 0.2) is 0 Å². The molecule has 3 N–H and O–H groups in total. The maximum absolute atomic E-state index is 12.3. The Morgan fingerprint density at radius 3 is 2.71 bits per heavy atom. The lowest BCUT2D eigenvalue weighted by Crippen LogP contribution is -2.32. The van der Waals surface area contributed by atoms with Gasteiger partial charge in [0.2, 0.25) is 10.0 Å². The van der Waals surface area contributed by atoms with Crippen LogP contribution in [0.15, 0.2) is 23.4 Å². The number of hydrogen-bond donors (Lipinski definition) is 2. The van der Waals surface area contributed by atoms with Crippen LogP contribution in [0.5, 0.6) is 0 Å². The zero-order valence-electron chi connectivity index (χ0n) is 10.0. The molecule has 0 saturated carbocycles. The first kappa shape index (κ1) is 13.9. The number of nitrogens with two attached hydrogens (primary N) is 1. The fourth-order valence-electron chi connectivity index (χ4n) is 1.54. The quantitative estimate of drug-likeness (QED) is 0.581. The molecular formula is C10H18N4O2S. The van der Waals surface area contributed by atoms with Crippen molar-refractivity contribution in [1.82, 2.24) is 9.29 Å². The number of nitrogens with one attached hydrogen (secondary N) is 1. The Bertz CT molecular complexity index is 461. The molecular weight excluding hydrogens is 240 g/mol. The van der Waals surface area contributed by atoms with Crippen LogP contribution < -0.4 is 11.3 Å². The predicted molar refractivity (Wildman–Crippen MR) is 66.8 cm³/mol. The summed E-state index contributed by atoms with van der Waals surface area (Å²) < 4.78 is 26.1. The molecule has 1 aromatic rings. The van der Waals surface area contributed by atoms with E-state index in [-0.39, 0.29) is 4.90 Å². The van der Waals surface area contributed by atoms with Crippen LogP contribution in [-0.2, 0) is 10.0 Å². The van der Waals surface area contributed by atoms with E-state index in [0.29, 0.717) is 18.8 Å². The van der Waals surface area contributed by atoms with Gasteiger partial charge >= 0.3 is 0 Å². The first-order valence-corrected chi connectivity index (χ1v) is 6.92. The average Bonchev–Trinajstić information content (AvgIpc) is 2.35. The third kappa shape index (κ3) is 2.93. The van der Waals surface area contributed by atoms with Crippen molar-refractivity contribution in [3.05, 3.63) is 18.5 Å². The van der Waals surface area contributed by atoms with Crippen LogP contribution >= 0.6 is 0 Å². The maximum Gasteiger partial charge on any atom is 0.246 e. The minimum Gasteiger partial charge on any atom is -0.323 e. The maximum atomic E-state index is 12.3. The van der Waals surface area contributed by atoms with Gasteiger partial charge < -0.3 is 5.43 Å². The Morgan fingerprint density at radius 2 is 2.18 bits per heavy atom. The van der Waals surface area contributed by atoms with Crippen molar-refractivity contribution in [3.63, 3.8) is 0 Å². The second-order valence-electron chi connectivity index (χ2n) is 3.51. The van der Waals surface area contributed by atoms with Crippen LogP contribution in [0.3, 0.4) is 0 Å². The molecule has 0 saturated heterocycles. The lowest BCUT2D eigenvalue weighted by atomic mass is 10.4. The van der Waals surface area contributed by atoms with Crippen molar-refractivity contribution in [2.24, 2.45) is 5.84 Å². The molecule has 6 nitrogen and oxygen atoms in total. The van der Waals surface area contributed by atoms with E-state index in [1.54, 1.807) is 6.92 Å². The van der Waals surface area contributed by atoms with E-state index < -0.39 is 10.0 Å². The van der Waals surface area contributed by atoms with Gasteiger partial charge in [-0.3, -0.25) is 10.8 Å². The summed E-state index contributed by atoms with van der Waals surface area (Å²) in [7, 11) is -3.53. The van der Waals surface area contributed by atoms with Crippen molar-refractivity contribution in [2.75, 3.05) is 18.5 Å². The minimum atomic E-state index is -3.53. The highest BCUT2D eigenvalue weighted by Crippen LogP contribution is 2.22. The molecule has 17 heavy (non-hydrogen) atoms. The number of hydrogen-bond acceptors (Lipinski definition) is 5. The largest absolute Gasteiger partial charge is 0.323 e. The Balaban J connectivity index is 3.20. The van der Waals surface area contributed by atoms with E-state index in [2.05, 4.69) is 10.4 Å². The van der Waals surface area contributed by atoms with Crippen molar-refractivity contribution >= 4 is 15.7 Å². The summed E-state index contributed by atoms with van der Waals surface area (Å²) >= 11 is 0. The van der Waals surface area contributed by atoms with Crippen molar-refractivity contribution < 1.29 is 8.42 Å². The molecule has 96 valence electrons. The molecule has 0 fully saturated rings. The molecule has 0 bridgehead atoms. The first-order chi connectivity index (χ1) is 8.07. The lowest BCUT2D eigenvalue weighted by molar-refractivity contribution is 0.427. The van der Waals surface area contributed by atoms with E-state index in [1.165, 1.54) is 22.8 Å². The number of sulfonamides is 1. The number of aromatic nitrogens is 1. The van der Waals surface area contributed by atoms with Crippen molar-refractivity contribution in [2.45, 2.75) is 25.2 Å². The number of hydrazine groups is 1. The molecule has 0 aliphatic heterocycles. The summed E-state index contributed by atoms with van der Waals surface area (Å²) in [6, 6.07) is 1.53. The SMILES string of the molecule is CCCN(CC)S(=O)(=O)c1cnccc1NN. The van der Waals surface area contributed by atoms with Crippen LogP contribution in [0.2, 0.25) is 0 Å². The molecule has 0 aromatic carbocycles. The summed E-state index contributed by atoms with van der Waals surface area (Å²) in [4.78, 5) is 3.94. The Hall–Kier alpha value is -1.18. The molecule has 1 aromatic heterocycles. The van der Waals surface area contributed by atoms with E-state index >= 15 is 0 Å². The van der Waals surface area contributed by atoms with E-state index in [0.717, 1.165) is 6.42 Å². The normalized spacial score (nSPS) is 11.8. The Kier molecular flexibility index (Phi) is 4.86. The number of anilines is 1. The smallest absolute Gasteiger partial charge is 0.246 e. The highest BCUT2D eigenvalue weighted by Gasteiger charge is 2.25. The van der Waals surface area contributed by atoms with Crippen LogP contribution in [0.1, 0.15) is 20.3 Å². The van der Waals surface area contributed by atoms with Gasteiger partial charge in [-0.05, 0) is 12.5 Å². The van der Waals surface area contributed by atoms with Crippen molar-refractivity contribution in [3.8, 4) is 0 Å². The monoisotopic (exact) mass is 258 g/mol. The van der Waals surface area contributed by atoms with Crippen molar-refractivity contribution in [1.29, 1.82) is 0 Å². The van der Waals surface area contributed by atoms with E-state index in [4.69, 9.17) is 5.84 Å².